The lowest BCUT2D eigenvalue weighted by Crippen LogP contribution is -2.09. The van der Waals surface area contributed by atoms with Gasteiger partial charge in [-0.05, 0) is 0 Å². The Labute approximate surface area is 101 Å². The van der Waals surface area contributed by atoms with Crippen molar-refractivity contribution in [1.82, 2.24) is 9.97 Å². The molecule has 0 amide bonds. The number of rotatable bonds is 5. The Bertz CT molecular complexity index is 406. The number of aromatic nitrogens is 2. The minimum Gasteiger partial charge on any atom is -0.251 e. The van der Waals surface area contributed by atoms with E-state index >= 15 is 0 Å². The summed E-state index contributed by atoms with van der Waals surface area (Å²) >= 11 is 1.99. The van der Waals surface area contributed by atoms with Crippen molar-refractivity contribution in [2.75, 3.05) is 10.2 Å². The maximum absolute atomic E-state index is 11.5. The molecule has 0 aliphatic heterocycles. The van der Waals surface area contributed by atoms with Crippen LogP contribution in [0.25, 0.3) is 0 Å². The van der Waals surface area contributed by atoms with Crippen molar-refractivity contribution >= 4 is 32.4 Å². The van der Waals surface area contributed by atoms with Crippen molar-refractivity contribution in [3.05, 3.63) is 18.2 Å². The van der Waals surface area contributed by atoms with E-state index < -0.39 is 9.84 Å². The van der Waals surface area contributed by atoms with Gasteiger partial charge in [0.1, 0.15) is 11.5 Å². The third kappa shape index (κ3) is 3.63. The highest BCUT2D eigenvalue weighted by Gasteiger charge is 2.14. The molecule has 0 aliphatic rings. The van der Waals surface area contributed by atoms with Gasteiger partial charge >= 0.3 is 0 Å². The maximum atomic E-state index is 11.5. The summed E-state index contributed by atoms with van der Waals surface area (Å²) in [6, 6.07) is 0. The van der Waals surface area contributed by atoms with Gasteiger partial charge in [0.05, 0.1) is 5.75 Å². The van der Waals surface area contributed by atoms with Crippen LogP contribution in [0.5, 0.6) is 0 Å². The van der Waals surface area contributed by atoms with Crippen LogP contribution in [-0.4, -0.2) is 33.8 Å². The average Bonchev–Trinajstić information content (AvgIpc) is 2.19. The summed E-state index contributed by atoms with van der Waals surface area (Å²) in [7, 11) is -3.28. The van der Waals surface area contributed by atoms with E-state index in [0.717, 1.165) is 0 Å². The van der Waals surface area contributed by atoms with Crippen LogP contribution in [0.15, 0.2) is 17.3 Å². The Kier molecular flexibility index (Phi) is 4.83. The molecule has 0 atom stereocenters. The predicted octanol–water partition coefficient (Wildman–Crippen LogP) is 0.675. The molecule has 1 aromatic heterocycles. The third-order valence-corrected chi connectivity index (χ3v) is 4.52. The van der Waals surface area contributed by atoms with Gasteiger partial charge in [-0.15, -0.1) is 0 Å². The summed E-state index contributed by atoms with van der Waals surface area (Å²) < 4.78 is 23.6. The highest BCUT2D eigenvalue weighted by molar-refractivity contribution is 14.1. The zero-order chi connectivity index (χ0) is 11.3. The first-order valence-corrected chi connectivity index (χ1v) is 7.14. The van der Waals surface area contributed by atoms with Gasteiger partial charge in [-0.2, -0.15) is 0 Å². The molecule has 0 saturated heterocycles. The van der Waals surface area contributed by atoms with Crippen LogP contribution in [0.4, 0.5) is 0 Å². The summed E-state index contributed by atoms with van der Waals surface area (Å²) in [5.41, 5.74) is 0. The fourth-order valence-corrected chi connectivity index (χ4v) is 3.46. The van der Waals surface area contributed by atoms with Gasteiger partial charge in [0.15, 0.2) is 15.7 Å². The van der Waals surface area contributed by atoms with Crippen LogP contribution in [0, 0.1) is 0 Å². The number of sulfone groups is 1. The summed E-state index contributed by atoms with van der Waals surface area (Å²) in [4.78, 5) is 11.4. The molecule has 8 heteroatoms. The second-order valence-corrected chi connectivity index (χ2v) is 5.80. The predicted molar refractivity (Wildman–Crippen MR) is 60.4 cm³/mol. The van der Waals surface area contributed by atoms with Gasteiger partial charge < -0.3 is 0 Å². The number of alkyl halides is 1. The Morgan fingerprint density at radius 1 is 1.40 bits per heavy atom. The molecule has 1 heterocycles. The largest absolute Gasteiger partial charge is 0.251 e. The van der Waals surface area contributed by atoms with Crippen LogP contribution >= 0.6 is 22.6 Å². The van der Waals surface area contributed by atoms with E-state index in [-0.39, 0.29) is 23.1 Å². The molecule has 1 N–H and O–H groups in total. The topological polar surface area (TPSA) is 89.4 Å². The number of hydrogen-bond acceptors (Lipinski definition) is 6. The van der Waals surface area contributed by atoms with Crippen molar-refractivity contribution in [2.24, 2.45) is 0 Å². The molecule has 0 bridgehead atoms. The van der Waals surface area contributed by atoms with Gasteiger partial charge in [0, 0.05) is 16.8 Å². The zero-order valence-corrected chi connectivity index (χ0v) is 10.6. The second kappa shape index (κ2) is 5.68. The molecule has 0 fully saturated rings. The fraction of sp³-hybridized carbons (Fsp3) is 0.429. The summed E-state index contributed by atoms with van der Waals surface area (Å²) in [5.74, 6) is 0.290. The molecule has 0 saturated carbocycles. The molecule has 1 rings (SSSR count). The Balaban J connectivity index is 2.89. The smallest absolute Gasteiger partial charge is 0.182 e. The second-order valence-electron chi connectivity index (χ2n) is 2.62. The van der Waals surface area contributed by atoms with E-state index in [0.29, 0.717) is 4.43 Å². The molecular formula is C7H9IN2O4S. The molecule has 15 heavy (non-hydrogen) atoms. The zero-order valence-electron chi connectivity index (χ0n) is 7.63. The SMILES string of the molecule is O=S(=O)(CCI)c1cnc(COO)nc1. The fourth-order valence-electron chi connectivity index (χ4n) is 0.855. The van der Waals surface area contributed by atoms with Crippen LogP contribution in [0.2, 0.25) is 0 Å². The summed E-state index contributed by atoms with van der Waals surface area (Å²) in [5, 5.41) is 8.13. The van der Waals surface area contributed by atoms with E-state index in [1.54, 1.807) is 0 Å². The molecule has 6 nitrogen and oxygen atoms in total. The summed E-state index contributed by atoms with van der Waals surface area (Å²) in [6.45, 7) is -0.160. The molecule has 0 unspecified atom stereocenters. The quantitative estimate of drug-likeness (QED) is 0.366. The van der Waals surface area contributed by atoms with Crippen molar-refractivity contribution < 1.29 is 18.6 Å². The Morgan fingerprint density at radius 3 is 2.47 bits per heavy atom. The lowest BCUT2D eigenvalue weighted by molar-refractivity contribution is -0.254. The highest BCUT2D eigenvalue weighted by Crippen LogP contribution is 2.09. The molecule has 84 valence electrons. The number of halogens is 1. The molecule has 0 radical (unpaired) electrons. The molecule has 0 aromatic carbocycles. The Morgan fingerprint density at radius 2 is 2.00 bits per heavy atom. The maximum Gasteiger partial charge on any atom is 0.182 e. The minimum absolute atomic E-state index is 0.0623. The van der Waals surface area contributed by atoms with Crippen LogP contribution < -0.4 is 0 Å². The van der Waals surface area contributed by atoms with Crippen molar-refractivity contribution in [1.29, 1.82) is 0 Å². The van der Waals surface area contributed by atoms with E-state index in [4.69, 9.17) is 5.26 Å². The lowest BCUT2D eigenvalue weighted by Gasteiger charge is -2.01. The molecule has 1 aromatic rings. The highest BCUT2D eigenvalue weighted by atomic mass is 127. The average molecular weight is 344 g/mol. The Hall–Kier alpha value is -0.320. The van der Waals surface area contributed by atoms with E-state index in [9.17, 15) is 8.42 Å². The van der Waals surface area contributed by atoms with Crippen molar-refractivity contribution in [2.45, 2.75) is 11.5 Å². The van der Waals surface area contributed by atoms with Gasteiger partial charge in [0.2, 0.25) is 0 Å². The number of nitrogens with zero attached hydrogens (tertiary/aromatic N) is 2. The first kappa shape index (κ1) is 12.7. The monoisotopic (exact) mass is 344 g/mol. The molecular weight excluding hydrogens is 335 g/mol. The molecule has 0 aliphatic carbocycles. The first-order valence-electron chi connectivity index (χ1n) is 3.96. The van der Waals surface area contributed by atoms with Crippen LogP contribution in [0.3, 0.4) is 0 Å². The standard InChI is InChI=1S/C7H9IN2O4S/c8-1-2-15(12,13)6-3-9-7(5-14-11)10-4-6/h3-4,11H,1-2,5H2. The lowest BCUT2D eigenvalue weighted by atomic mass is 10.6. The van der Waals surface area contributed by atoms with Gasteiger partial charge in [-0.3, -0.25) is 5.26 Å². The van der Waals surface area contributed by atoms with E-state index in [2.05, 4.69) is 14.9 Å². The van der Waals surface area contributed by atoms with Crippen molar-refractivity contribution in [3.8, 4) is 0 Å². The third-order valence-electron chi connectivity index (χ3n) is 1.58. The van der Waals surface area contributed by atoms with E-state index in [1.165, 1.54) is 12.4 Å². The van der Waals surface area contributed by atoms with Crippen molar-refractivity contribution in [3.63, 3.8) is 0 Å². The number of hydrogen-bond donors (Lipinski definition) is 1. The molecule has 0 spiro atoms. The van der Waals surface area contributed by atoms with E-state index in [1.807, 2.05) is 22.6 Å². The van der Waals surface area contributed by atoms with Gasteiger partial charge in [0.25, 0.3) is 0 Å². The van der Waals surface area contributed by atoms with Gasteiger partial charge in [-0.25, -0.2) is 23.3 Å². The van der Waals surface area contributed by atoms with Gasteiger partial charge in [-0.1, -0.05) is 22.6 Å². The van der Waals surface area contributed by atoms with Crippen LogP contribution in [0.1, 0.15) is 5.82 Å². The first-order chi connectivity index (χ1) is 7.10. The summed E-state index contributed by atoms with van der Waals surface area (Å²) in [6.07, 6.45) is 2.42. The normalized spacial score (nSPS) is 11.6. The van der Waals surface area contributed by atoms with Crippen LogP contribution in [-0.2, 0) is 21.3 Å². The minimum atomic E-state index is -3.28.